The summed E-state index contributed by atoms with van der Waals surface area (Å²) in [4.78, 5) is 2.61. The highest BCUT2D eigenvalue weighted by Crippen LogP contribution is 2.36. The van der Waals surface area contributed by atoms with Crippen LogP contribution in [0.1, 0.15) is 33.1 Å². The van der Waals surface area contributed by atoms with Crippen molar-refractivity contribution in [2.24, 2.45) is 5.41 Å². The summed E-state index contributed by atoms with van der Waals surface area (Å²) >= 11 is 3.46. The largest absolute Gasteiger partial charge is 0.384 e. The quantitative estimate of drug-likeness (QED) is 0.835. The third kappa shape index (κ3) is 3.96. The van der Waals surface area contributed by atoms with Crippen LogP contribution in [-0.2, 0) is 0 Å². The van der Waals surface area contributed by atoms with E-state index >= 15 is 0 Å². The van der Waals surface area contributed by atoms with Gasteiger partial charge in [-0.1, -0.05) is 29.8 Å². The fourth-order valence-electron chi connectivity index (χ4n) is 2.97. The Morgan fingerprint density at radius 2 is 1.89 bits per heavy atom. The number of likely N-dealkylation sites (tertiary alicyclic amines) is 1. The molecule has 0 aromatic heterocycles. The standard InChI is InChI=1S/C16H25BrN2/c1-3-16(4-2)9-11-19(13-16)12-10-18-15-7-5-14(17)6-8-15/h5-8,18H,3-4,9-13H2,1-2H3. The topological polar surface area (TPSA) is 15.3 Å². The van der Waals surface area contributed by atoms with E-state index in [0.717, 1.165) is 17.6 Å². The number of benzene rings is 1. The van der Waals surface area contributed by atoms with Crippen molar-refractivity contribution in [3.8, 4) is 0 Å². The van der Waals surface area contributed by atoms with Crippen molar-refractivity contribution in [2.45, 2.75) is 33.1 Å². The number of nitrogens with zero attached hydrogens (tertiary/aromatic N) is 1. The molecule has 106 valence electrons. The Kier molecular flexibility index (Phi) is 5.28. The molecular weight excluding hydrogens is 300 g/mol. The summed E-state index contributed by atoms with van der Waals surface area (Å²) in [5, 5.41) is 3.50. The Morgan fingerprint density at radius 1 is 1.21 bits per heavy atom. The first-order chi connectivity index (χ1) is 9.17. The minimum Gasteiger partial charge on any atom is -0.384 e. The van der Waals surface area contributed by atoms with Gasteiger partial charge in [0, 0.05) is 29.8 Å². The minimum atomic E-state index is 0.595. The van der Waals surface area contributed by atoms with E-state index < -0.39 is 0 Å². The van der Waals surface area contributed by atoms with Crippen LogP contribution in [0, 0.1) is 5.41 Å². The van der Waals surface area contributed by atoms with Gasteiger partial charge in [0.15, 0.2) is 0 Å². The lowest BCUT2D eigenvalue weighted by molar-refractivity contribution is 0.245. The molecule has 0 radical (unpaired) electrons. The van der Waals surface area contributed by atoms with Gasteiger partial charge in [0.25, 0.3) is 0 Å². The van der Waals surface area contributed by atoms with Crippen LogP contribution >= 0.6 is 15.9 Å². The lowest BCUT2D eigenvalue weighted by Crippen LogP contribution is -2.30. The highest BCUT2D eigenvalue weighted by Gasteiger charge is 2.34. The molecule has 1 aromatic rings. The number of halogens is 1. The molecule has 0 aliphatic carbocycles. The SMILES string of the molecule is CCC1(CC)CCN(CCNc2ccc(Br)cc2)C1. The zero-order valence-electron chi connectivity index (χ0n) is 12.1. The van der Waals surface area contributed by atoms with Crippen molar-refractivity contribution in [2.75, 3.05) is 31.5 Å². The maximum Gasteiger partial charge on any atom is 0.0341 e. The van der Waals surface area contributed by atoms with Gasteiger partial charge in [-0.25, -0.2) is 0 Å². The Labute approximate surface area is 125 Å². The minimum absolute atomic E-state index is 0.595. The maximum atomic E-state index is 3.50. The molecule has 1 aliphatic heterocycles. The number of anilines is 1. The predicted molar refractivity (Wildman–Crippen MR) is 86.7 cm³/mol. The van der Waals surface area contributed by atoms with E-state index in [1.54, 1.807) is 0 Å². The second-order valence-corrected chi connectivity index (χ2v) is 6.58. The highest BCUT2D eigenvalue weighted by atomic mass is 79.9. The molecule has 1 aromatic carbocycles. The first-order valence-electron chi connectivity index (χ1n) is 7.39. The summed E-state index contributed by atoms with van der Waals surface area (Å²) in [6.07, 6.45) is 4.01. The van der Waals surface area contributed by atoms with Gasteiger partial charge in [-0.2, -0.15) is 0 Å². The Morgan fingerprint density at radius 3 is 2.47 bits per heavy atom. The van der Waals surface area contributed by atoms with E-state index in [2.05, 4.69) is 64.3 Å². The van der Waals surface area contributed by atoms with E-state index in [1.165, 1.54) is 38.0 Å². The van der Waals surface area contributed by atoms with Crippen LogP contribution in [0.4, 0.5) is 5.69 Å². The molecule has 0 spiro atoms. The number of rotatable bonds is 6. The van der Waals surface area contributed by atoms with Gasteiger partial charge in [-0.05, 0) is 55.5 Å². The molecule has 0 amide bonds. The highest BCUT2D eigenvalue weighted by molar-refractivity contribution is 9.10. The summed E-state index contributed by atoms with van der Waals surface area (Å²) in [5.74, 6) is 0. The van der Waals surface area contributed by atoms with Crippen LogP contribution < -0.4 is 5.32 Å². The van der Waals surface area contributed by atoms with E-state index in [4.69, 9.17) is 0 Å². The molecule has 1 aliphatic rings. The van der Waals surface area contributed by atoms with E-state index in [9.17, 15) is 0 Å². The fourth-order valence-corrected chi connectivity index (χ4v) is 3.24. The average Bonchev–Trinajstić information content (AvgIpc) is 2.85. The molecular formula is C16H25BrN2. The molecule has 1 N–H and O–H groups in total. The second-order valence-electron chi connectivity index (χ2n) is 5.67. The van der Waals surface area contributed by atoms with Crippen LogP contribution in [0.3, 0.4) is 0 Å². The van der Waals surface area contributed by atoms with Crippen molar-refractivity contribution in [1.82, 2.24) is 4.90 Å². The monoisotopic (exact) mass is 324 g/mol. The van der Waals surface area contributed by atoms with E-state index in [-0.39, 0.29) is 0 Å². The molecule has 0 atom stereocenters. The fraction of sp³-hybridized carbons (Fsp3) is 0.625. The molecule has 1 saturated heterocycles. The zero-order valence-corrected chi connectivity index (χ0v) is 13.7. The summed E-state index contributed by atoms with van der Waals surface area (Å²) in [6.45, 7) is 9.41. The molecule has 2 rings (SSSR count). The number of hydrogen-bond acceptors (Lipinski definition) is 2. The van der Waals surface area contributed by atoms with Crippen LogP contribution in [0.15, 0.2) is 28.7 Å². The predicted octanol–water partition coefficient (Wildman–Crippen LogP) is 4.37. The lowest BCUT2D eigenvalue weighted by atomic mass is 9.82. The molecule has 0 bridgehead atoms. The second kappa shape index (κ2) is 6.76. The van der Waals surface area contributed by atoms with Crippen molar-refractivity contribution < 1.29 is 0 Å². The molecule has 19 heavy (non-hydrogen) atoms. The molecule has 2 nitrogen and oxygen atoms in total. The smallest absolute Gasteiger partial charge is 0.0341 e. The lowest BCUT2D eigenvalue weighted by Gasteiger charge is -2.26. The molecule has 1 heterocycles. The zero-order chi connectivity index (χ0) is 13.7. The van der Waals surface area contributed by atoms with Crippen LogP contribution in [0.5, 0.6) is 0 Å². The Balaban J connectivity index is 1.74. The van der Waals surface area contributed by atoms with Gasteiger partial charge >= 0.3 is 0 Å². The van der Waals surface area contributed by atoms with Gasteiger partial charge in [0.1, 0.15) is 0 Å². The van der Waals surface area contributed by atoms with E-state index in [1.807, 2.05) is 0 Å². The van der Waals surface area contributed by atoms with Crippen LogP contribution in [-0.4, -0.2) is 31.1 Å². The normalized spacial score (nSPS) is 18.7. The molecule has 0 saturated carbocycles. The Hall–Kier alpha value is -0.540. The first-order valence-corrected chi connectivity index (χ1v) is 8.18. The van der Waals surface area contributed by atoms with Crippen molar-refractivity contribution in [3.05, 3.63) is 28.7 Å². The van der Waals surface area contributed by atoms with Gasteiger partial charge in [-0.3, -0.25) is 0 Å². The molecule has 1 fully saturated rings. The van der Waals surface area contributed by atoms with Crippen molar-refractivity contribution in [3.63, 3.8) is 0 Å². The van der Waals surface area contributed by atoms with Crippen LogP contribution in [0.25, 0.3) is 0 Å². The molecule has 3 heteroatoms. The van der Waals surface area contributed by atoms with Gasteiger partial charge in [0.05, 0.1) is 0 Å². The van der Waals surface area contributed by atoms with Gasteiger partial charge in [0.2, 0.25) is 0 Å². The first kappa shape index (κ1) is 14.9. The molecule has 0 unspecified atom stereocenters. The summed E-state index contributed by atoms with van der Waals surface area (Å²) in [7, 11) is 0. The van der Waals surface area contributed by atoms with E-state index in [0.29, 0.717) is 5.41 Å². The number of hydrogen-bond donors (Lipinski definition) is 1. The number of nitrogens with one attached hydrogen (secondary N) is 1. The third-order valence-electron chi connectivity index (χ3n) is 4.62. The Bertz CT molecular complexity index is 384. The summed E-state index contributed by atoms with van der Waals surface area (Å²) in [5.41, 5.74) is 1.80. The van der Waals surface area contributed by atoms with Crippen molar-refractivity contribution in [1.29, 1.82) is 0 Å². The maximum absolute atomic E-state index is 3.50. The average molecular weight is 325 g/mol. The van der Waals surface area contributed by atoms with Gasteiger partial charge < -0.3 is 10.2 Å². The van der Waals surface area contributed by atoms with Crippen LogP contribution in [0.2, 0.25) is 0 Å². The summed E-state index contributed by atoms with van der Waals surface area (Å²) in [6, 6.07) is 8.40. The van der Waals surface area contributed by atoms with Gasteiger partial charge in [-0.15, -0.1) is 0 Å². The van der Waals surface area contributed by atoms with Crippen molar-refractivity contribution >= 4 is 21.6 Å². The summed E-state index contributed by atoms with van der Waals surface area (Å²) < 4.78 is 1.13. The third-order valence-corrected chi connectivity index (χ3v) is 5.15.